The van der Waals surface area contributed by atoms with Gasteiger partial charge in [0.15, 0.2) is 0 Å². The number of aliphatic hydroxyl groups is 1. The summed E-state index contributed by atoms with van der Waals surface area (Å²) in [5.74, 6) is -0.240. The maximum Gasteiger partial charge on any atom is 0.243 e. The van der Waals surface area contributed by atoms with Crippen molar-refractivity contribution in [2.45, 2.75) is 31.2 Å². The fourth-order valence-electron chi connectivity index (χ4n) is 1.51. The summed E-state index contributed by atoms with van der Waals surface area (Å²) in [4.78, 5) is 11.9. The fourth-order valence-corrected chi connectivity index (χ4v) is 1.71. The van der Waals surface area contributed by atoms with Crippen molar-refractivity contribution in [2.75, 3.05) is 6.61 Å². The molecule has 1 atom stereocenters. The third-order valence-corrected chi connectivity index (χ3v) is 2.97. The second-order valence-electron chi connectivity index (χ2n) is 4.62. The predicted octanol–water partition coefficient (Wildman–Crippen LogP) is 2.24. The van der Waals surface area contributed by atoms with Crippen LogP contribution in [0.1, 0.15) is 31.2 Å². The van der Waals surface area contributed by atoms with Gasteiger partial charge < -0.3 is 10.4 Å². The summed E-state index contributed by atoms with van der Waals surface area (Å²) in [5.41, 5.74) is 0.319. The highest BCUT2D eigenvalue weighted by Gasteiger charge is 2.24. The van der Waals surface area contributed by atoms with Crippen LogP contribution in [0.2, 0.25) is 0 Å². The van der Waals surface area contributed by atoms with Gasteiger partial charge in [-0.2, -0.15) is 0 Å². The minimum atomic E-state index is -0.700. The molecule has 17 heavy (non-hydrogen) atoms. The van der Waals surface area contributed by atoms with E-state index in [1.807, 2.05) is 44.2 Å². The first-order valence-electron chi connectivity index (χ1n) is 5.58. The monoisotopic (exact) mass is 255 g/mol. The molecule has 4 heteroatoms. The molecule has 0 bridgehead atoms. The van der Waals surface area contributed by atoms with Crippen molar-refractivity contribution in [3.05, 3.63) is 35.9 Å². The number of aliphatic hydroxyl groups excluding tert-OH is 1. The van der Waals surface area contributed by atoms with E-state index in [-0.39, 0.29) is 12.5 Å². The van der Waals surface area contributed by atoms with Crippen molar-refractivity contribution < 1.29 is 9.90 Å². The van der Waals surface area contributed by atoms with E-state index in [9.17, 15) is 4.79 Å². The standard InChI is InChI=1S/C13H18ClNO2/c1-13(2,8-9-16)15-12(17)11(14)10-6-4-3-5-7-10/h3-7,11,16H,8-9H2,1-2H3,(H,15,17). The fraction of sp³-hybridized carbons (Fsp3) is 0.462. The van der Waals surface area contributed by atoms with Gasteiger partial charge in [0.2, 0.25) is 5.91 Å². The topological polar surface area (TPSA) is 49.3 Å². The van der Waals surface area contributed by atoms with Crippen LogP contribution in [0.3, 0.4) is 0 Å². The molecule has 94 valence electrons. The minimum Gasteiger partial charge on any atom is -0.396 e. The maximum absolute atomic E-state index is 11.9. The number of amides is 1. The lowest BCUT2D eigenvalue weighted by atomic mass is 10.0. The number of alkyl halides is 1. The van der Waals surface area contributed by atoms with Crippen molar-refractivity contribution >= 4 is 17.5 Å². The van der Waals surface area contributed by atoms with Crippen LogP contribution in [-0.2, 0) is 4.79 Å². The first-order valence-corrected chi connectivity index (χ1v) is 6.02. The van der Waals surface area contributed by atoms with Gasteiger partial charge in [0.25, 0.3) is 0 Å². The average molecular weight is 256 g/mol. The van der Waals surface area contributed by atoms with Gasteiger partial charge in [-0.1, -0.05) is 30.3 Å². The van der Waals surface area contributed by atoms with E-state index in [1.165, 1.54) is 0 Å². The molecule has 0 aromatic heterocycles. The molecule has 0 radical (unpaired) electrons. The lowest BCUT2D eigenvalue weighted by Gasteiger charge is -2.26. The zero-order valence-electron chi connectivity index (χ0n) is 10.1. The summed E-state index contributed by atoms with van der Waals surface area (Å²) in [6, 6.07) is 9.20. The quantitative estimate of drug-likeness (QED) is 0.793. The van der Waals surface area contributed by atoms with Crippen molar-refractivity contribution in [3.63, 3.8) is 0 Å². The van der Waals surface area contributed by atoms with Crippen LogP contribution < -0.4 is 5.32 Å². The van der Waals surface area contributed by atoms with Gasteiger partial charge >= 0.3 is 0 Å². The van der Waals surface area contributed by atoms with Gasteiger partial charge in [0.1, 0.15) is 5.38 Å². The van der Waals surface area contributed by atoms with Gasteiger partial charge in [0, 0.05) is 12.1 Å². The number of hydrogen-bond donors (Lipinski definition) is 2. The number of rotatable bonds is 5. The van der Waals surface area contributed by atoms with Crippen molar-refractivity contribution in [2.24, 2.45) is 0 Å². The first-order chi connectivity index (χ1) is 7.96. The highest BCUT2D eigenvalue weighted by atomic mass is 35.5. The Morgan fingerprint density at radius 3 is 2.53 bits per heavy atom. The molecule has 1 aromatic rings. The Hall–Kier alpha value is -1.06. The van der Waals surface area contributed by atoms with Gasteiger partial charge in [0.05, 0.1) is 0 Å². The summed E-state index contributed by atoms with van der Waals surface area (Å²) in [6.45, 7) is 3.75. The lowest BCUT2D eigenvalue weighted by Crippen LogP contribution is -2.45. The normalized spacial score (nSPS) is 13.2. The Morgan fingerprint density at radius 2 is 2.00 bits per heavy atom. The molecule has 3 nitrogen and oxygen atoms in total. The van der Waals surface area contributed by atoms with E-state index in [2.05, 4.69) is 5.32 Å². The van der Waals surface area contributed by atoms with Crippen LogP contribution in [0.15, 0.2) is 30.3 Å². The maximum atomic E-state index is 11.9. The zero-order valence-corrected chi connectivity index (χ0v) is 10.9. The van der Waals surface area contributed by atoms with Crippen LogP contribution in [0.25, 0.3) is 0 Å². The molecule has 0 fully saturated rings. The van der Waals surface area contributed by atoms with Gasteiger partial charge in [-0.3, -0.25) is 4.79 Å². The minimum absolute atomic E-state index is 0.0333. The summed E-state index contributed by atoms with van der Waals surface area (Å²) in [7, 11) is 0. The van der Waals surface area contributed by atoms with Gasteiger partial charge in [-0.15, -0.1) is 11.6 Å². The summed E-state index contributed by atoms with van der Waals surface area (Å²) in [5, 5.41) is 11.0. The van der Waals surface area contributed by atoms with E-state index in [4.69, 9.17) is 16.7 Å². The first kappa shape index (κ1) is 14.0. The largest absolute Gasteiger partial charge is 0.396 e. The molecule has 1 unspecified atom stereocenters. The molecule has 0 saturated carbocycles. The van der Waals surface area contributed by atoms with E-state index >= 15 is 0 Å². The van der Waals surface area contributed by atoms with E-state index < -0.39 is 10.9 Å². The molecule has 1 rings (SSSR count). The number of carbonyl (C=O) groups is 1. The number of carbonyl (C=O) groups excluding carboxylic acids is 1. The van der Waals surface area contributed by atoms with E-state index in [0.717, 1.165) is 5.56 Å². The Labute approximate surface area is 107 Å². The summed E-state index contributed by atoms with van der Waals surface area (Å²) >= 11 is 6.09. The zero-order chi connectivity index (χ0) is 12.9. The van der Waals surface area contributed by atoms with Crippen molar-refractivity contribution in [3.8, 4) is 0 Å². The van der Waals surface area contributed by atoms with Crippen molar-refractivity contribution in [1.82, 2.24) is 5.32 Å². The Kier molecular flexibility index (Phi) is 4.97. The van der Waals surface area contributed by atoms with Crippen LogP contribution >= 0.6 is 11.6 Å². The van der Waals surface area contributed by atoms with Gasteiger partial charge in [-0.25, -0.2) is 0 Å². The molecule has 0 aliphatic heterocycles. The third-order valence-electron chi connectivity index (χ3n) is 2.52. The van der Waals surface area contributed by atoms with Crippen LogP contribution in [0, 0.1) is 0 Å². The third kappa shape index (κ3) is 4.36. The molecule has 0 aliphatic rings. The average Bonchev–Trinajstić information content (AvgIpc) is 2.28. The summed E-state index contributed by atoms with van der Waals surface area (Å²) in [6.07, 6.45) is 0.497. The van der Waals surface area contributed by atoms with Crippen LogP contribution in [0.4, 0.5) is 0 Å². The SMILES string of the molecule is CC(C)(CCO)NC(=O)C(Cl)c1ccccc1. The number of benzene rings is 1. The molecule has 0 aliphatic carbocycles. The molecule has 2 N–H and O–H groups in total. The lowest BCUT2D eigenvalue weighted by molar-refractivity contribution is -0.122. The summed E-state index contributed by atoms with van der Waals surface area (Å²) < 4.78 is 0. The van der Waals surface area contributed by atoms with Gasteiger partial charge in [-0.05, 0) is 25.8 Å². The number of hydrogen-bond acceptors (Lipinski definition) is 2. The number of halogens is 1. The van der Waals surface area contributed by atoms with E-state index in [0.29, 0.717) is 6.42 Å². The van der Waals surface area contributed by atoms with Crippen LogP contribution in [-0.4, -0.2) is 23.2 Å². The highest BCUT2D eigenvalue weighted by molar-refractivity contribution is 6.30. The highest BCUT2D eigenvalue weighted by Crippen LogP contribution is 2.21. The Bertz CT molecular complexity index is 365. The molecule has 0 heterocycles. The molecule has 0 spiro atoms. The van der Waals surface area contributed by atoms with Crippen molar-refractivity contribution in [1.29, 1.82) is 0 Å². The van der Waals surface area contributed by atoms with E-state index in [1.54, 1.807) is 0 Å². The van der Waals surface area contributed by atoms with Crippen LogP contribution in [0.5, 0.6) is 0 Å². The Balaban J connectivity index is 2.65. The molecule has 1 aromatic carbocycles. The predicted molar refractivity (Wildman–Crippen MR) is 69.0 cm³/mol. The molecular weight excluding hydrogens is 238 g/mol. The molecule has 1 amide bonds. The second kappa shape index (κ2) is 6.03. The Morgan fingerprint density at radius 1 is 1.41 bits per heavy atom. The molecular formula is C13H18ClNO2. The molecule has 0 saturated heterocycles. The number of nitrogens with one attached hydrogen (secondary N) is 1. The smallest absolute Gasteiger partial charge is 0.243 e. The second-order valence-corrected chi connectivity index (χ2v) is 5.06.